The summed E-state index contributed by atoms with van der Waals surface area (Å²) in [6.45, 7) is 1.48. The number of amides is 2. The van der Waals surface area contributed by atoms with Gasteiger partial charge in [-0.25, -0.2) is 9.37 Å². The Kier molecular flexibility index (Phi) is 6.77. The number of nitrogens with one attached hydrogen (secondary N) is 2. The Balaban J connectivity index is 1.24. The van der Waals surface area contributed by atoms with Gasteiger partial charge in [-0.05, 0) is 62.3 Å². The molecule has 0 bridgehead atoms. The molecule has 1 fully saturated rings. The van der Waals surface area contributed by atoms with E-state index in [4.69, 9.17) is 0 Å². The van der Waals surface area contributed by atoms with Gasteiger partial charge in [0.1, 0.15) is 11.6 Å². The number of likely N-dealkylation sites (tertiary alicyclic amines) is 1. The molecule has 0 spiro atoms. The fourth-order valence-electron chi connectivity index (χ4n) is 3.61. The first kappa shape index (κ1) is 21.9. The van der Waals surface area contributed by atoms with Gasteiger partial charge < -0.3 is 15.7 Å². The highest BCUT2D eigenvalue weighted by molar-refractivity contribution is 7.14. The molecule has 0 unspecified atom stereocenters. The molecular formula is C23H23FN4O3S. The summed E-state index contributed by atoms with van der Waals surface area (Å²) in [7, 11) is 0. The summed E-state index contributed by atoms with van der Waals surface area (Å²) in [5, 5.41) is 17.7. The van der Waals surface area contributed by atoms with Crippen LogP contribution in [0.25, 0.3) is 11.3 Å². The van der Waals surface area contributed by atoms with E-state index in [2.05, 4.69) is 15.6 Å². The number of carbonyl (C=O) groups is 2. The summed E-state index contributed by atoms with van der Waals surface area (Å²) >= 11 is 1.32. The average Bonchev–Trinajstić information content (AvgIpc) is 3.24. The van der Waals surface area contributed by atoms with Crippen molar-refractivity contribution in [2.75, 3.05) is 30.3 Å². The molecule has 1 aliphatic rings. The van der Waals surface area contributed by atoms with Crippen LogP contribution in [0.15, 0.2) is 53.9 Å². The maximum Gasteiger partial charge on any atom is 0.240 e. The normalized spacial score (nSPS) is 14.8. The number of nitrogens with zero attached hydrogens (tertiary/aromatic N) is 2. The molecule has 7 nitrogen and oxygen atoms in total. The molecule has 166 valence electrons. The van der Waals surface area contributed by atoms with E-state index >= 15 is 0 Å². The van der Waals surface area contributed by atoms with Gasteiger partial charge in [-0.15, -0.1) is 11.3 Å². The van der Waals surface area contributed by atoms with Gasteiger partial charge in [0, 0.05) is 16.9 Å². The summed E-state index contributed by atoms with van der Waals surface area (Å²) in [5.74, 6) is -0.711. The number of para-hydroxylation sites is 2. The van der Waals surface area contributed by atoms with Crippen LogP contribution >= 0.6 is 11.3 Å². The Bertz CT molecular complexity index is 1090. The lowest BCUT2D eigenvalue weighted by atomic mass is 9.95. The van der Waals surface area contributed by atoms with Gasteiger partial charge in [0.25, 0.3) is 0 Å². The topological polar surface area (TPSA) is 94.6 Å². The van der Waals surface area contributed by atoms with Crippen molar-refractivity contribution in [3.63, 3.8) is 0 Å². The number of carbonyl (C=O) groups excluding carboxylic acids is 2. The highest BCUT2D eigenvalue weighted by Crippen LogP contribution is 2.26. The molecule has 1 aliphatic heterocycles. The molecule has 2 heterocycles. The fourth-order valence-corrected chi connectivity index (χ4v) is 4.35. The molecule has 1 aromatic heterocycles. The summed E-state index contributed by atoms with van der Waals surface area (Å²) in [6.07, 6.45) is 1.28. The van der Waals surface area contributed by atoms with Gasteiger partial charge in [0.15, 0.2) is 5.13 Å². The van der Waals surface area contributed by atoms with E-state index in [1.165, 1.54) is 29.5 Å². The Hall–Kier alpha value is -3.30. The van der Waals surface area contributed by atoms with E-state index in [1.807, 2.05) is 10.3 Å². The molecular weight excluding hydrogens is 431 g/mol. The number of phenolic OH excluding ortho intramolecular Hbond substituents is 1. The van der Waals surface area contributed by atoms with Crippen LogP contribution in [0.3, 0.4) is 0 Å². The number of hydrogen-bond acceptors (Lipinski definition) is 6. The Morgan fingerprint density at radius 1 is 1.09 bits per heavy atom. The minimum atomic E-state index is -0.308. The second kappa shape index (κ2) is 9.88. The van der Waals surface area contributed by atoms with E-state index < -0.39 is 0 Å². The Labute approximate surface area is 188 Å². The summed E-state index contributed by atoms with van der Waals surface area (Å²) in [5.41, 5.74) is 1.87. The zero-order chi connectivity index (χ0) is 22.5. The monoisotopic (exact) mass is 454 g/mol. The maximum absolute atomic E-state index is 13.1. The molecule has 0 atom stereocenters. The molecule has 32 heavy (non-hydrogen) atoms. The zero-order valence-electron chi connectivity index (χ0n) is 17.3. The van der Waals surface area contributed by atoms with Crippen LogP contribution in [0.2, 0.25) is 0 Å². The van der Waals surface area contributed by atoms with Crippen molar-refractivity contribution in [2.45, 2.75) is 12.8 Å². The number of aromatic nitrogens is 1. The van der Waals surface area contributed by atoms with Crippen LogP contribution < -0.4 is 10.6 Å². The number of anilines is 2. The molecule has 1 saturated heterocycles. The smallest absolute Gasteiger partial charge is 0.240 e. The number of thiazole rings is 1. The molecule has 0 saturated carbocycles. The Morgan fingerprint density at radius 2 is 1.81 bits per heavy atom. The van der Waals surface area contributed by atoms with Crippen molar-refractivity contribution in [2.24, 2.45) is 5.92 Å². The first-order valence-electron chi connectivity index (χ1n) is 10.3. The number of benzene rings is 2. The number of rotatable bonds is 6. The first-order chi connectivity index (χ1) is 15.5. The van der Waals surface area contributed by atoms with Gasteiger partial charge in [-0.2, -0.15) is 0 Å². The van der Waals surface area contributed by atoms with Crippen LogP contribution in [-0.4, -0.2) is 46.4 Å². The largest absolute Gasteiger partial charge is 0.506 e. The molecule has 4 rings (SSSR count). The van der Waals surface area contributed by atoms with Gasteiger partial charge in [-0.3, -0.25) is 14.5 Å². The number of halogens is 1. The third-order valence-electron chi connectivity index (χ3n) is 5.38. The zero-order valence-corrected chi connectivity index (χ0v) is 18.1. The van der Waals surface area contributed by atoms with Crippen molar-refractivity contribution in [1.29, 1.82) is 0 Å². The van der Waals surface area contributed by atoms with Crippen molar-refractivity contribution < 1.29 is 19.1 Å². The number of piperidine rings is 1. The van der Waals surface area contributed by atoms with E-state index in [0.717, 1.165) is 5.56 Å². The van der Waals surface area contributed by atoms with E-state index in [9.17, 15) is 19.1 Å². The standard InChI is InChI=1S/C23H23FN4O3S/c24-17-7-5-15(6-8-17)19-14-32-23(26-19)27-21(30)13-28-11-9-16(10-12-28)22(31)25-18-3-1-2-4-20(18)29/h1-8,14,16,29H,9-13H2,(H,25,31)(H,26,27,30). The minimum absolute atomic E-state index is 0.0414. The predicted octanol–water partition coefficient (Wildman–Crippen LogP) is 3.94. The summed E-state index contributed by atoms with van der Waals surface area (Å²) < 4.78 is 13.1. The van der Waals surface area contributed by atoms with Crippen molar-refractivity contribution in [3.8, 4) is 17.0 Å². The quantitative estimate of drug-likeness (QED) is 0.491. The lowest BCUT2D eigenvalue weighted by Gasteiger charge is -2.30. The first-order valence-corrected chi connectivity index (χ1v) is 11.2. The lowest BCUT2D eigenvalue weighted by molar-refractivity contribution is -0.121. The van der Waals surface area contributed by atoms with Crippen LogP contribution in [0.5, 0.6) is 5.75 Å². The van der Waals surface area contributed by atoms with Gasteiger partial charge in [-0.1, -0.05) is 12.1 Å². The predicted molar refractivity (Wildman–Crippen MR) is 122 cm³/mol. The second-order valence-electron chi connectivity index (χ2n) is 7.65. The second-order valence-corrected chi connectivity index (χ2v) is 8.51. The SMILES string of the molecule is O=C(CN1CCC(C(=O)Nc2ccccc2O)CC1)Nc1nc(-c2ccc(F)cc2)cs1. The molecule has 2 amide bonds. The van der Waals surface area contributed by atoms with Crippen molar-refractivity contribution in [3.05, 3.63) is 59.7 Å². The number of hydrogen-bond donors (Lipinski definition) is 3. The van der Waals surface area contributed by atoms with Crippen molar-refractivity contribution in [1.82, 2.24) is 9.88 Å². The van der Waals surface area contributed by atoms with Gasteiger partial charge in [0.05, 0.1) is 17.9 Å². The van der Waals surface area contributed by atoms with Crippen LogP contribution in [-0.2, 0) is 9.59 Å². The third kappa shape index (κ3) is 5.49. The Morgan fingerprint density at radius 3 is 2.53 bits per heavy atom. The minimum Gasteiger partial charge on any atom is -0.506 e. The number of phenols is 1. The lowest BCUT2D eigenvalue weighted by Crippen LogP contribution is -2.41. The van der Waals surface area contributed by atoms with Crippen molar-refractivity contribution >= 4 is 34.0 Å². The average molecular weight is 455 g/mol. The molecule has 0 radical (unpaired) electrons. The summed E-state index contributed by atoms with van der Waals surface area (Å²) in [4.78, 5) is 31.3. The highest BCUT2D eigenvalue weighted by Gasteiger charge is 2.26. The fraction of sp³-hybridized carbons (Fsp3) is 0.261. The summed E-state index contributed by atoms with van der Waals surface area (Å²) in [6, 6.07) is 12.7. The van der Waals surface area contributed by atoms with Gasteiger partial charge >= 0.3 is 0 Å². The third-order valence-corrected chi connectivity index (χ3v) is 6.14. The van der Waals surface area contributed by atoms with E-state index in [-0.39, 0.29) is 35.8 Å². The molecule has 0 aliphatic carbocycles. The van der Waals surface area contributed by atoms with Crippen LogP contribution in [0.4, 0.5) is 15.2 Å². The highest BCUT2D eigenvalue weighted by atomic mass is 32.1. The van der Waals surface area contributed by atoms with Crippen LogP contribution in [0.1, 0.15) is 12.8 Å². The van der Waals surface area contributed by atoms with Crippen LogP contribution in [0, 0.1) is 11.7 Å². The van der Waals surface area contributed by atoms with E-state index in [0.29, 0.717) is 42.4 Å². The number of aromatic hydroxyl groups is 1. The molecule has 2 aromatic carbocycles. The molecule has 3 aromatic rings. The van der Waals surface area contributed by atoms with Gasteiger partial charge in [0.2, 0.25) is 11.8 Å². The molecule has 3 N–H and O–H groups in total. The molecule has 9 heteroatoms. The van der Waals surface area contributed by atoms with E-state index in [1.54, 1.807) is 30.3 Å². The maximum atomic E-state index is 13.1.